The van der Waals surface area contributed by atoms with Gasteiger partial charge in [-0.2, -0.15) is 5.26 Å². The van der Waals surface area contributed by atoms with E-state index < -0.39 is 5.97 Å². The van der Waals surface area contributed by atoms with Crippen molar-refractivity contribution in [1.82, 2.24) is 4.57 Å². The van der Waals surface area contributed by atoms with Crippen molar-refractivity contribution in [3.8, 4) is 22.9 Å². The van der Waals surface area contributed by atoms with Gasteiger partial charge in [0.2, 0.25) is 5.91 Å². The molecule has 0 fully saturated rings. The molecule has 2 aromatic carbocycles. The van der Waals surface area contributed by atoms with E-state index in [1.165, 1.54) is 6.92 Å². The number of nitrogens with one attached hydrogen (secondary N) is 1. The van der Waals surface area contributed by atoms with Crippen molar-refractivity contribution in [1.29, 1.82) is 5.26 Å². The molecular weight excluding hydrogens is 354 g/mol. The maximum atomic E-state index is 12.2. The first-order chi connectivity index (χ1) is 13.5. The molecule has 3 rings (SSSR count). The van der Waals surface area contributed by atoms with E-state index in [2.05, 4.69) is 11.4 Å². The number of hydrogen-bond donors (Lipinski definition) is 1. The molecule has 140 valence electrons. The number of nitriles is 1. The summed E-state index contributed by atoms with van der Waals surface area (Å²) in [5.41, 5.74) is 3.60. The fraction of sp³-hybridized carbons (Fsp3) is 0.136. The summed E-state index contributed by atoms with van der Waals surface area (Å²) in [6, 6.07) is 16.9. The van der Waals surface area contributed by atoms with Crippen LogP contribution in [0.15, 0.2) is 60.9 Å². The third-order valence-electron chi connectivity index (χ3n) is 4.14. The number of anilines is 1. The Morgan fingerprint density at radius 1 is 1.14 bits per heavy atom. The average Bonchev–Trinajstić information content (AvgIpc) is 3.13. The molecule has 6 heteroatoms. The maximum absolute atomic E-state index is 12.2. The maximum Gasteiger partial charge on any atom is 0.340 e. The van der Waals surface area contributed by atoms with Gasteiger partial charge in [0.25, 0.3) is 0 Å². The quantitative estimate of drug-likeness (QED) is 0.681. The van der Waals surface area contributed by atoms with Gasteiger partial charge < -0.3 is 14.6 Å². The number of benzene rings is 2. The number of rotatable bonds is 5. The summed E-state index contributed by atoms with van der Waals surface area (Å²) in [4.78, 5) is 23.7. The lowest BCUT2D eigenvalue weighted by Gasteiger charge is -2.12. The molecule has 0 spiro atoms. The van der Waals surface area contributed by atoms with Crippen molar-refractivity contribution in [2.75, 3.05) is 11.9 Å². The van der Waals surface area contributed by atoms with Crippen molar-refractivity contribution >= 4 is 17.6 Å². The lowest BCUT2D eigenvalue weighted by Crippen LogP contribution is -2.13. The van der Waals surface area contributed by atoms with Crippen LogP contribution in [0.3, 0.4) is 0 Å². The number of hydrogen-bond acceptors (Lipinski definition) is 4. The van der Waals surface area contributed by atoms with Crippen LogP contribution in [0.4, 0.5) is 5.69 Å². The molecule has 3 aromatic rings. The summed E-state index contributed by atoms with van der Waals surface area (Å²) in [6.45, 7) is 3.33. The van der Waals surface area contributed by atoms with Crippen molar-refractivity contribution in [3.05, 3.63) is 72.1 Å². The van der Waals surface area contributed by atoms with E-state index in [1.54, 1.807) is 35.9 Å². The number of carbonyl (C=O) groups is 2. The van der Waals surface area contributed by atoms with Gasteiger partial charge >= 0.3 is 5.97 Å². The van der Waals surface area contributed by atoms with Crippen LogP contribution in [0, 0.1) is 11.3 Å². The zero-order valence-corrected chi connectivity index (χ0v) is 15.6. The summed E-state index contributed by atoms with van der Waals surface area (Å²) in [6.07, 6.45) is 3.57. The SMILES string of the molecule is CCOC(=O)c1ccc(-n2cc(C#N)c(-c3ccccc3)c2)cc1NC(C)=O. The van der Waals surface area contributed by atoms with Crippen LogP contribution in [0.1, 0.15) is 29.8 Å². The Morgan fingerprint density at radius 3 is 2.54 bits per heavy atom. The summed E-state index contributed by atoms with van der Waals surface area (Å²) in [7, 11) is 0. The third-order valence-corrected chi connectivity index (χ3v) is 4.14. The van der Waals surface area contributed by atoms with Gasteiger partial charge in [0.15, 0.2) is 0 Å². The van der Waals surface area contributed by atoms with E-state index in [0.717, 1.165) is 11.1 Å². The predicted octanol–water partition coefficient (Wildman–Crippen LogP) is 4.15. The molecule has 0 bridgehead atoms. The van der Waals surface area contributed by atoms with E-state index in [4.69, 9.17) is 4.74 Å². The molecule has 0 aliphatic rings. The molecule has 0 radical (unpaired) electrons. The normalized spacial score (nSPS) is 10.2. The van der Waals surface area contributed by atoms with E-state index in [-0.39, 0.29) is 18.1 Å². The van der Waals surface area contributed by atoms with Crippen molar-refractivity contribution in [2.24, 2.45) is 0 Å². The molecule has 0 aliphatic heterocycles. The molecule has 6 nitrogen and oxygen atoms in total. The highest BCUT2D eigenvalue weighted by atomic mass is 16.5. The van der Waals surface area contributed by atoms with E-state index in [0.29, 0.717) is 16.9 Å². The Morgan fingerprint density at radius 2 is 1.89 bits per heavy atom. The monoisotopic (exact) mass is 373 g/mol. The lowest BCUT2D eigenvalue weighted by molar-refractivity contribution is -0.114. The molecule has 0 saturated heterocycles. The van der Waals surface area contributed by atoms with Gasteiger partial charge in [0.05, 0.1) is 23.4 Å². The van der Waals surface area contributed by atoms with Crippen molar-refractivity contribution in [3.63, 3.8) is 0 Å². The molecule has 0 saturated carbocycles. The highest BCUT2D eigenvalue weighted by Gasteiger charge is 2.16. The lowest BCUT2D eigenvalue weighted by atomic mass is 10.1. The summed E-state index contributed by atoms with van der Waals surface area (Å²) < 4.78 is 6.85. The first kappa shape index (κ1) is 18.9. The van der Waals surface area contributed by atoms with Gasteiger partial charge in [-0.1, -0.05) is 30.3 Å². The molecule has 1 amide bonds. The minimum Gasteiger partial charge on any atom is -0.462 e. The van der Waals surface area contributed by atoms with E-state index >= 15 is 0 Å². The van der Waals surface area contributed by atoms with Gasteiger partial charge in [-0.05, 0) is 30.7 Å². The predicted molar refractivity (Wildman–Crippen MR) is 106 cm³/mol. The van der Waals surface area contributed by atoms with Gasteiger partial charge in [-0.15, -0.1) is 0 Å². The second-order valence-corrected chi connectivity index (χ2v) is 6.10. The molecule has 1 N–H and O–H groups in total. The number of aromatic nitrogens is 1. The van der Waals surface area contributed by atoms with E-state index in [1.807, 2.05) is 36.5 Å². The largest absolute Gasteiger partial charge is 0.462 e. The Hall–Kier alpha value is -3.85. The minimum absolute atomic E-state index is 0.240. The van der Waals surface area contributed by atoms with Crippen LogP contribution in [0.2, 0.25) is 0 Å². The molecule has 0 aliphatic carbocycles. The first-order valence-electron chi connectivity index (χ1n) is 8.80. The van der Waals surface area contributed by atoms with Gasteiger partial charge in [0, 0.05) is 30.6 Å². The van der Waals surface area contributed by atoms with E-state index in [9.17, 15) is 14.9 Å². The zero-order valence-electron chi connectivity index (χ0n) is 15.6. The molecule has 0 atom stereocenters. The van der Waals surface area contributed by atoms with Crippen LogP contribution >= 0.6 is 0 Å². The summed E-state index contributed by atoms with van der Waals surface area (Å²) >= 11 is 0. The smallest absolute Gasteiger partial charge is 0.340 e. The van der Waals surface area contributed by atoms with Crippen LogP contribution in [-0.2, 0) is 9.53 Å². The van der Waals surface area contributed by atoms with Gasteiger partial charge in [-0.25, -0.2) is 4.79 Å². The average molecular weight is 373 g/mol. The Kier molecular flexibility index (Phi) is 5.56. The highest BCUT2D eigenvalue weighted by molar-refractivity contribution is 6.01. The Bertz CT molecular complexity index is 1060. The Balaban J connectivity index is 2.07. The number of nitrogens with zero attached hydrogens (tertiary/aromatic N) is 2. The fourth-order valence-corrected chi connectivity index (χ4v) is 2.91. The third kappa shape index (κ3) is 3.94. The topological polar surface area (TPSA) is 84.1 Å². The Labute approximate surface area is 163 Å². The number of ether oxygens (including phenoxy) is 1. The first-order valence-corrected chi connectivity index (χ1v) is 8.80. The fourth-order valence-electron chi connectivity index (χ4n) is 2.91. The molecule has 1 heterocycles. The van der Waals surface area contributed by atoms with Crippen LogP contribution in [-0.4, -0.2) is 23.1 Å². The van der Waals surface area contributed by atoms with Crippen LogP contribution in [0.25, 0.3) is 16.8 Å². The number of carbonyl (C=O) groups excluding carboxylic acids is 2. The molecular formula is C22H19N3O3. The summed E-state index contributed by atoms with van der Waals surface area (Å²) in [5.74, 6) is -0.800. The standard InChI is InChI=1S/C22H19N3O3/c1-3-28-22(27)19-10-9-18(11-21(19)24-15(2)26)25-13-17(12-23)20(14-25)16-7-5-4-6-8-16/h4-11,13-14H,3H2,1-2H3,(H,24,26). The highest BCUT2D eigenvalue weighted by Crippen LogP contribution is 2.28. The van der Waals surface area contributed by atoms with Crippen molar-refractivity contribution < 1.29 is 14.3 Å². The van der Waals surface area contributed by atoms with Crippen LogP contribution in [0.5, 0.6) is 0 Å². The number of amides is 1. The molecule has 1 aromatic heterocycles. The molecule has 0 unspecified atom stereocenters. The van der Waals surface area contributed by atoms with Crippen molar-refractivity contribution in [2.45, 2.75) is 13.8 Å². The zero-order chi connectivity index (χ0) is 20.1. The minimum atomic E-state index is -0.506. The second-order valence-electron chi connectivity index (χ2n) is 6.10. The van der Waals surface area contributed by atoms with Gasteiger partial charge in [-0.3, -0.25) is 4.79 Å². The molecule has 28 heavy (non-hydrogen) atoms. The second kappa shape index (κ2) is 8.23. The summed E-state index contributed by atoms with van der Waals surface area (Å²) in [5, 5.41) is 12.2. The number of esters is 1. The van der Waals surface area contributed by atoms with Crippen LogP contribution < -0.4 is 5.32 Å². The van der Waals surface area contributed by atoms with Gasteiger partial charge in [0.1, 0.15) is 6.07 Å².